The molecule has 0 aliphatic heterocycles. The number of aromatic nitrogens is 1. The average Bonchev–Trinajstić information content (AvgIpc) is 3.13. The van der Waals surface area contributed by atoms with E-state index in [-0.39, 0.29) is 18.3 Å². The molecule has 2 amide bonds. The van der Waals surface area contributed by atoms with E-state index in [1.807, 2.05) is 43.3 Å². The van der Waals surface area contributed by atoms with Gasteiger partial charge in [-0.1, -0.05) is 42.0 Å². The van der Waals surface area contributed by atoms with Crippen molar-refractivity contribution < 1.29 is 18.7 Å². The number of benzene rings is 2. The second-order valence-corrected chi connectivity index (χ2v) is 6.31. The largest absolute Gasteiger partial charge is 0.444 e. The van der Waals surface area contributed by atoms with Crippen LogP contribution in [-0.2, 0) is 17.9 Å². The molecule has 0 aliphatic carbocycles. The van der Waals surface area contributed by atoms with Crippen molar-refractivity contribution in [2.75, 3.05) is 5.32 Å². The van der Waals surface area contributed by atoms with Gasteiger partial charge in [0, 0.05) is 19.2 Å². The highest BCUT2D eigenvalue weighted by Crippen LogP contribution is 2.11. The summed E-state index contributed by atoms with van der Waals surface area (Å²) in [6, 6.07) is 14.9. The van der Waals surface area contributed by atoms with Crippen LogP contribution in [-0.4, -0.2) is 17.0 Å². The highest BCUT2D eigenvalue weighted by molar-refractivity contribution is 5.91. The molecule has 0 aliphatic rings. The van der Waals surface area contributed by atoms with Crippen molar-refractivity contribution in [3.05, 3.63) is 83.1 Å². The van der Waals surface area contributed by atoms with Gasteiger partial charge in [-0.2, -0.15) is 0 Å². The molecule has 0 radical (unpaired) electrons. The third-order valence-corrected chi connectivity index (χ3v) is 3.99. The van der Waals surface area contributed by atoms with E-state index in [9.17, 15) is 9.59 Å². The van der Waals surface area contributed by atoms with Gasteiger partial charge in [0.2, 0.25) is 5.76 Å². The lowest BCUT2D eigenvalue weighted by Gasteiger charge is -2.08. The normalized spacial score (nSPS) is 10.4. The highest BCUT2D eigenvalue weighted by atomic mass is 16.5. The molecule has 3 aromatic rings. The Bertz CT molecular complexity index is 947. The zero-order valence-corrected chi connectivity index (χ0v) is 15.7. The van der Waals surface area contributed by atoms with Crippen LogP contribution < -0.4 is 10.6 Å². The molecular formula is C21H21N3O4. The first-order valence-electron chi connectivity index (χ1n) is 8.78. The molecule has 0 spiro atoms. The molecule has 7 nitrogen and oxygen atoms in total. The molecule has 144 valence electrons. The molecule has 3 rings (SSSR count). The van der Waals surface area contributed by atoms with Crippen molar-refractivity contribution in [2.45, 2.75) is 27.0 Å². The first-order chi connectivity index (χ1) is 13.5. The number of rotatable bonds is 6. The number of oxazole rings is 1. The van der Waals surface area contributed by atoms with Gasteiger partial charge in [-0.3, -0.25) is 10.1 Å². The van der Waals surface area contributed by atoms with Gasteiger partial charge in [-0.15, -0.1) is 0 Å². The number of nitrogens with one attached hydrogen (secondary N) is 2. The Kier molecular flexibility index (Phi) is 6.06. The molecule has 0 saturated heterocycles. The lowest BCUT2D eigenvalue weighted by atomic mass is 10.2. The maximum atomic E-state index is 11.9. The summed E-state index contributed by atoms with van der Waals surface area (Å²) in [7, 11) is 0. The van der Waals surface area contributed by atoms with Crippen molar-refractivity contribution in [1.82, 2.24) is 10.3 Å². The number of aryl methyl sites for hydroxylation is 2. The highest BCUT2D eigenvalue weighted by Gasteiger charge is 2.10. The molecule has 0 saturated carbocycles. The summed E-state index contributed by atoms with van der Waals surface area (Å²) in [4.78, 5) is 27.7. The lowest BCUT2D eigenvalue weighted by molar-refractivity contribution is 0.0922. The first kappa shape index (κ1) is 19.2. The fraction of sp³-hybridized carbons (Fsp3) is 0.190. The van der Waals surface area contributed by atoms with E-state index in [0.717, 1.165) is 16.7 Å². The Labute approximate surface area is 162 Å². The molecule has 2 aromatic carbocycles. The van der Waals surface area contributed by atoms with Crippen molar-refractivity contribution >= 4 is 17.7 Å². The molecule has 2 N–H and O–H groups in total. The molecule has 0 fully saturated rings. The summed E-state index contributed by atoms with van der Waals surface area (Å²) in [5.41, 5.74) is 3.56. The van der Waals surface area contributed by atoms with Gasteiger partial charge < -0.3 is 14.5 Å². The number of nitrogens with zero attached hydrogens (tertiary/aromatic N) is 1. The zero-order valence-electron chi connectivity index (χ0n) is 15.7. The lowest BCUT2D eigenvalue weighted by Crippen LogP contribution is -2.22. The van der Waals surface area contributed by atoms with Crippen molar-refractivity contribution in [1.29, 1.82) is 0 Å². The van der Waals surface area contributed by atoms with E-state index in [0.29, 0.717) is 18.1 Å². The van der Waals surface area contributed by atoms with E-state index in [1.165, 1.54) is 6.20 Å². The quantitative estimate of drug-likeness (QED) is 0.676. The standard InChI is InChI=1S/C21H21N3O4/c1-14-3-5-17(6-4-14)13-27-21(26)24-18-9-7-16(8-10-18)11-23-20(25)19-12-22-15(2)28-19/h3-10,12H,11,13H2,1-2H3,(H,23,25)(H,24,26). The maximum Gasteiger partial charge on any atom is 0.411 e. The SMILES string of the molecule is Cc1ccc(COC(=O)Nc2ccc(CNC(=O)c3cnc(C)o3)cc2)cc1. The Morgan fingerprint density at radius 3 is 2.32 bits per heavy atom. The Hall–Kier alpha value is -3.61. The van der Waals surface area contributed by atoms with E-state index < -0.39 is 6.09 Å². The minimum atomic E-state index is -0.526. The van der Waals surface area contributed by atoms with Gasteiger partial charge in [0.1, 0.15) is 6.61 Å². The second kappa shape index (κ2) is 8.85. The number of anilines is 1. The van der Waals surface area contributed by atoms with Gasteiger partial charge in [0.15, 0.2) is 5.89 Å². The van der Waals surface area contributed by atoms with Gasteiger partial charge >= 0.3 is 6.09 Å². The molecule has 7 heteroatoms. The monoisotopic (exact) mass is 379 g/mol. The molecule has 1 heterocycles. The van der Waals surface area contributed by atoms with Crippen LogP contribution in [0.5, 0.6) is 0 Å². The number of hydrogen-bond acceptors (Lipinski definition) is 5. The maximum absolute atomic E-state index is 11.9. The summed E-state index contributed by atoms with van der Waals surface area (Å²) in [5, 5.41) is 5.42. The summed E-state index contributed by atoms with van der Waals surface area (Å²) >= 11 is 0. The predicted molar refractivity (Wildman–Crippen MR) is 104 cm³/mol. The number of carbonyl (C=O) groups excluding carboxylic acids is 2. The van der Waals surface area contributed by atoms with Crippen LogP contribution in [0.2, 0.25) is 0 Å². The van der Waals surface area contributed by atoms with Gasteiger partial charge in [0.25, 0.3) is 5.91 Å². The Balaban J connectivity index is 1.45. The second-order valence-electron chi connectivity index (χ2n) is 6.31. The van der Waals surface area contributed by atoms with Crippen LogP contribution in [0.3, 0.4) is 0 Å². The van der Waals surface area contributed by atoms with Gasteiger partial charge in [-0.25, -0.2) is 9.78 Å². The fourth-order valence-corrected chi connectivity index (χ4v) is 2.43. The minimum Gasteiger partial charge on any atom is -0.444 e. The molecule has 1 aromatic heterocycles. The summed E-state index contributed by atoms with van der Waals surface area (Å²) in [6.45, 7) is 4.21. The summed E-state index contributed by atoms with van der Waals surface area (Å²) in [5.74, 6) is 0.282. The smallest absolute Gasteiger partial charge is 0.411 e. The van der Waals surface area contributed by atoms with Crippen LogP contribution in [0, 0.1) is 13.8 Å². The molecule has 0 unspecified atom stereocenters. The fourth-order valence-electron chi connectivity index (χ4n) is 2.43. The van der Waals surface area contributed by atoms with Crippen LogP contribution in [0.25, 0.3) is 0 Å². The van der Waals surface area contributed by atoms with E-state index in [2.05, 4.69) is 15.6 Å². The van der Waals surface area contributed by atoms with Gasteiger partial charge in [-0.05, 0) is 30.2 Å². The van der Waals surface area contributed by atoms with E-state index in [1.54, 1.807) is 19.1 Å². The van der Waals surface area contributed by atoms with E-state index >= 15 is 0 Å². The predicted octanol–water partition coefficient (Wildman–Crippen LogP) is 3.97. The minimum absolute atomic E-state index is 0.173. The van der Waals surface area contributed by atoms with Crippen molar-refractivity contribution in [3.8, 4) is 0 Å². The van der Waals surface area contributed by atoms with Crippen molar-refractivity contribution in [2.24, 2.45) is 0 Å². The summed E-state index contributed by atoms with van der Waals surface area (Å²) < 4.78 is 10.4. The zero-order chi connectivity index (χ0) is 19.9. The number of ether oxygens (including phenoxy) is 1. The van der Waals surface area contributed by atoms with E-state index in [4.69, 9.17) is 9.15 Å². The van der Waals surface area contributed by atoms with Crippen LogP contribution in [0.15, 0.2) is 59.1 Å². The van der Waals surface area contributed by atoms with Gasteiger partial charge in [0.05, 0.1) is 6.20 Å². The van der Waals surface area contributed by atoms with Crippen LogP contribution in [0.1, 0.15) is 33.1 Å². The first-order valence-corrected chi connectivity index (χ1v) is 8.78. The van der Waals surface area contributed by atoms with Crippen LogP contribution >= 0.6 is 0 Å². The Morgan fingerprint density at radius 2 is 1.68 bits per heavy atom. The number of carbonyl (C=O) groups is 2. The van der Waals surface area contributed by atoms with Crippen molar-refractivity contribution in [3.63, 3.8) is 0 Å². The summed E-state index contributed by atoms with van der Waals surface area (Å²) in [6.07, 6.45) is 0.863. The number of hydrogen-bond donors (Lipinski definition) is 2. The van der Waals surface area contributed by atoms with Crippen LogP contribution in [0.4, 0.5) is 10.5 Å². The number of amides is 2. The molecule has 0 atom stereocenters. The molecule has 0 bridgehead atoms. The average molecular weight is 379 g/mol. The molecular weight excluding hydrogens is 358 g/mol. The Morgan fingerprint density at radius 1 is 1.00 bits per heavy atom. The topological polar surface area (TPSA) is 93.5 Å². The molecule has 28 heavy (non-hydrogen) atoms. The third-order valence-electron chi connectivity index (χ3n) is 3.99. The third kappa shape index (κ3) is 5.44.